The molecule has 2 heterocycles. The van der Waals surface area contributed by atoms with Crippen molar-refractivity contribution in [2.45, 2.75) is 57.2 Å². The van der Waals surface area contributed by atoms with E-state index in [1.807, 2.05) is 29.2 Å². The van der Waals surface area contributed by atoms with Crippen molar-refractivity contribution in [3.63, 3.8) is 0 Å². The maximum Gasteiger partial charge on any atom is 0.416 e. The third-order valence-corrected chi connectivity index (χ3v) is 10.1. The Balaban J connectivity index is 1.04. The molecule has 1 N–H and O–H groups in total. The number of amides is 2. The first-order valence-electron chi connectivity index (χ1n) is 15.6. The highest BCUT2D eigenvalue weighted by atomic mass is 35.5. The molecule has 0 aromatic heterocycles. The van der Waals surface area contributed by atoms with Crippen LogP contribution in [0.2, 0.25) is 5.02 Å². The van der Waals surface area contributed by atoms with Crippen molar-refractivity contribution in [2.75, 3.05) is 32.7 Å². The smallest absolute Gasteiger partial charge is 0.345 e. The third-order valence-electron chi connectivity index (χ3n) is 9.79. The number of nitrogens with one attached hydrogen (secondary N) is 1. The van der Waals surface area contributed by atoms with Gasteiger partial charge in [-0.1, -0.05) is 29.8 Å². The van der Waals surface area contributed by atoms with E-state index in [4.69, 9.17) is 11.6 Å². The molecule has 3 aliphatic rings. The van der Waals surface area contributed by atoms with Crippen LogP contribution in [0.1, 0.15) is 81.1 Å². The zero-order valence-corrected chi connectivity index (χ0v) is 25.7. The molecule has 2 amide bonds. The number of fused-ring (bicyclic) bond motifs is 1. The number of alkyl halides is 3. The summed E-state index contributed by atoms with van der Waals surface area (Å²) >= 11 is 6.09. The number of hydrogen-bond donors (Lipinski definition) is 1. The Bertz CT molecular complexity index is 1590. The number of nitrogens with zero attached hydrogens (tertiary/aromatic N) is 2. The van der Waals surface area contributed by atoms with Crippen LogP contribution in [0.25, 0.3) is 0 Å². The molecule has 5 nitrogen and oxygen atoms in total. The second-order valence-corrected chi connectivity index (χ2v) is 13.1. The van der Waals surface area contributed by atoms with Gasteiger partial charge in [-0.05, 0) is 129 Å². The number of rotatable bonds is 7. The molecule has 0 radical (unpaired) electrons. The van der Waals surface area contributed by atoms with E-state index in [0.29, 0.717) is 31.5 Å². The normalized spacial score (nSPS) is 19.6. The number of halogens is 5. The molecule has 238 valence electrons. The molecule has 10 heteroatoms. The molecule has 1 unspecified atom stereocenters. The van der Waals surface area contributed by atoms with Crippen LogP contribution < -0.4 is 5.32 Å². The van der Waals surface area contributed by atoms with Gasteiger partial charge in [-0.2, -0.15) is 13.2 Å². The van der Waals surface area contributed by atoms with Crippen molar-refractivity contribution in [1.82, 2.24) is 15.1 Å². The molecule has 2 fully saturated rings. The van der Waals surface area contributed by atoms with Gasteiger partial charge in [0, 0.05) is 18.7 Å². The molecule has 1 spiro atoms. The van der Waals surface area contributed by atoms with Crippen molar-refractivity contribution in [1.29, 1.82) is 0 Å². The van der Waals surface area contributed by atoms with E-state index in [-0.39, 0.29) is 27.7 Å². The summed E-state index contributed by atoms with van der Waals surface area (Å²) in [6, 6.07) is 14.6. The summed E-state index contributed by atoms with van der Waals surface area (Å²) < 4.78 is 53.2. The highest BCUT2D eigenvalue weighted by Gasteiger charge is 2.42. The number of likely N-dealkylation sites (tertiary alicyclic amines) is 2. The molecule has 0 saturated carbocycles. The Hall–Kier alpha value is -3.43. The summed E-state index contributed by atoms with van der Waals surface area (Å²) in [6.45, 7) is 4.36. The van der Waals surface area contributed by atoms with Crippen LogP contribution in [0.5, 0.6) is 0 Å². The number of hydrogen-bond acceptors (Lipinski definition) is 3. The molecule has 3 aromatic rings. The average Bonchev–Trinajstić information content (AvgIpc) is 3.61. The van der Waals surface area contributed by atoms with E-state index in [2.05, 4.69) is 10.2 Å². The topological polar surface area (TPSA) is 52.7 Å². The lowest BCUT2D eigenvalue weighted by atomic mass is 9.77. The molecule has 45 heavy (non-hydrogen) atoms. The van der Waals surface area contributed by atoms with Crippen molar-refractivity contribution >= 4 is 23.4 Å². The fourth-order valence-corrected chi connectivity index (χ4v) is 7.35. The molecular weight excluding hydrogens is 606 g/mol. The maximum absolute atomic E-state index is 13.6. The van der Waals surface area contributed by atoms with Gasteiger partial charge in [0.15, 0.2) is 0 Å². The minimum Gasteiger partial charge on any atom is -0.345 e. The summed E-state index contributed by atoms with van der Waals surface area (Å²) in [5.74, 6) is -0.911. The van der Waals surface area contributed by atoms with Gasteiger partial charge in [0.2, 0.25) is 0 Å². The van der Waals surface area contributed by atoms with Crippen molar-refractivity contribution in [3.8, 4) is 0 Å². The van der Waals surface area contributed by atoms with Crippen LogP contribution in [0, 0.1) is 11.2 Å². The van der Waals surface area contributed by atoms with Crippen molar-refractivity contribution in [2.24, 2.45) is 5.41 Å². The molecule has 0 bridgehead atoms. The first kappa shape index (κ1) is 31.5. The Labute approximate surface area is 265 Å². The van der Waals surface area contributed by atoms with Gasteiger partial charge in [-0.3, -0.25) is 9.59 Å². The Morgan fingerprint density at radius 3 is 2.51 bits per heavy atom. The fourth-order valence-electron chi connectivity index (χ4n) is 7.15. The summed E-state index contributed by atoms with van der Waals surface area (Å²) in [7, 11) is 0. The second-order valence-electron chi connectivity index (χ2n) is 12.7. The van der Waals surface area contributed by atoms with Gasteiger partial charge in [0.25, 0.3) is 11.8 Å². The van der Waals surface area contributed by atoms with Crippen LogP contribution in [-0.4, -0.2) is 54.3 Å². The fraction of sp³-hybridized carbons (Fsp3) is 0.429. The van der Waals surface area contributed by atoms with E-state index >= 15 is 0 Å². The average molecular weight is 642 g/mol. The van der Waals surface area contributed by atoms with E-state index in [0.717, 1.165) is 86.6 Å². The predicted octanol–water partition coefficient (Wildman–Crippen LogP) is 7.48. The van der Waals surface area contributed by atoms with E-state index in [1.165, 1.54) is 6.07 Å². The van der Waals surface area contributed by atoms with Gasteiger partial charge >= 0.3 is 6.18 Å². The van der Waals surface area contributed by atoms with Gasteiger partial charge in [-0.25, -0.2) is 4.39 Å². The highest BCUT2D eigenvalue weighted by Crippen LogP contribution is 2.41. The minimum atomic E-state index is -4.59. The van der Waals surface area contributed by atoms with Gasteiger partial charge in [-0.15, -0.1) is 0 Å². The highest BCUT2D eigenvalue weighted by molar-refractivity contribution is 6.33. The van der Waals surface area contributed by atoms with Crippen LogP contribution in [0.3, 0.4) is 0 Å². The third kappa shape index (κ3) is 7.04. The maximum atomic E-state index is 13.6. The lowest BCUT2D eigenvalue weighted by Crippen LogP contribution is -2.42. The molecule has 1 atom stereocenters. The van der Waals surface area contributed by atoms with Crippen LogP contribution in [0.15, 0.2) is 60.7 Å². The lowest BCUT2D eigenvalue weighted by molar-refractivity contribution is -0.137. The molecule has 1 aliphatic carbocycles. The molecule has 2 saturated heterocycles. The zero-order chi connectivity index (χ0) is 31.8. The van der Waals surface area contributed by atoms with Crippen molar-refractivity contribution < 1.29 is 27.2 Å². The lowest BCUT2D eigenvalue weighted by Gasteiger charge is -2.39. The van der Waals surface area contributed by atoms with E-state index in [1.54, 1.807) is 12.1 Å². The number of aryl methyl sites for hydroxylation is 2. The van der Waals surface area contributed by atoms with E-state index in [9.17, 15) is 27.2 Å². The summed E-state index contributed by atoms with van der Waals surface area (Å²) in [5, 5.41) is 2.79. The zero-order valence-electron chi connectivity index (χ0n) is 24.9. The number of piperidine rings is 1. The number of carbonyl (C=O) groups excluding carboxylic acids is 2. The van der Waals surface area contributed by atoms with Crippen LogP contribution in [-0.2, 0) is 19.0 Å². The number of benzene rings is 3. The molecular formula is C35H36ClF4N3O2. The Kier molecular flexibility index (Phi) is 8.94. The Morgan fingerprint density at radius 1 is 0.978 bits per heavy atom. The second kappa shape index (κ2) is 12.8. The first-order chi connectivity index (χ1) is 21.5. The summed E-state index contributed by atoms with van der Waals surface area (Å²) in [4.78, 5) is 31.1. The summed E-state index contributed by atoms with van der Waals surface area (Å²) in [6.07, 6.45) is 1.56. The predicted molar refractivity (Wildman–Crippen MR) is 165 cm³/mol. The van der Waals surface area contributed by atoms with Gasteiger partial charge in [0.1, 0.15) is 5.82 Å². The SMILES string of the molecule is O=C(NC1CCc2ccc(C(=O)N3CCC4(CCN(CCCc5cccc(F)c5)CC4)C3)cc21)c1cc(C(F)(F)F)ccc1Cl. The van der Waals surface area contributed by atoms with Crippen LogP contribution in [0.4, 0.5) is 17.6 Å². The van der Waals surface area contributed by atoms with E-state index < -0.39 is 23.7 Å². The van der Waals surface area contributed by atoms with Crippen molar-refractivity contribution in [3.05, 3.63) is 105 Å². The quantitative estimate of drug-likeness (QED) is 0.272. The number of carbonyl (C=O) groups is 2. The molecule has 2 aliphatic heterocycles. The molecule has 3 aromatic carbocycles. The first-order valence-corrected chi connectivity index (χ1v) is 15.9. The largest absolute Gasteiger partial charge is 0.416 e. The standard InChI is InChI=1S/C35H36ClF4N3O2/c36-30-10-9-26(35(38,39)40)21-29(30)32(44)41-31-11-8-24-6-7-25(20-28(24)31)33(45)43-18-14-34(22-43)12-16-42(17-13-34)15-2-4-23-3-1-5-27(37)19-23/h1,3,5-7,9-10,19-21,31H,2,4,8,11-18,22H2,(H,41,44). The van der Waals surface area contributed by atoms with Crippen LogP contribution >= 0.6 is 11.6 Å². The Morgan fingerprint density at radius 2 is 1.76 bits per heavy atom. The monoisotopic (exact) mass is 641 g/mol. The molecule has 6 rings (SSSR count). The summed E-state index contributed by atoms with van der Waals surface area (Å²) in [5.41, 5.74) is 2.35. The van der Waals surface area contributed by atoms with Gasteiger partial charge < -0.3 is 15.1 Å². The minimum absolute atomic E-state index is 0.0369. The van der Waals surface area contributed by atoms with Gasteiger partial charge in [0.05, 0.1) is 22.2 Å².